The molecule has 272 valence electrons. The second-order valence-corrected chi connectivity index (χ2v) is 16.6. The van der Waals surface area contributed by atoms with Crippen molar-refractivity contribution in [2.45, 2.75) is 76.4 Å². The smallest absolute Gasteiger partial charge is 0.407 e. The van der Waals surface area contributed by atoms with Crippen LogP contribution in [0.4, 0.5) is 4.79 Å². The Bertz CT molecular complexity index is 1370. The lowest BCUT2D eigenvalue weighted by Gasteiger charge is -2.33. The van der Waals surface area contributed by atoms with Gasteiger partial charge in [-0.2, -0.15) is 4.31 Å². The molecule has 2 N–H and O–H groups in total. The molecule has 14 nitrogen and oxygen atoms in total. The highest BCUT2D eigenvalue weighted by molar-refractivity contribution is 7.89. The molecule has 1 aromatic carbocycles. The van der Waals surface area contributed by atoms with Gasteiger partial charge in [0.15, 0.2) is 6.29 Å². The molecule has 3 aliphatic heterocycles. The first-order chi connectivity index (χ1) is 22.9. The van der Waals surface area contributed by atoms with E-state index < -0.39 is 48.3 Å². The highest BCUT2D eigenvalue weighted by Gasteiger charge is 2.44. The molecule has 2 fully saturated rings. The topological polar surface area (TPSA) is 162 Å². The van der Waals surface area contributed by atoms with Gasteiger partial charge in [-0.15, -0.1) is 0 Å². The van der Waals surface area contributed by atoms with Gasteiger partial charge in [0.25, 0.3) is 0 Å². The van der Waals surface area contributed by atoms with Gasteiger partial charge in [0.05, 0.1) is 56.5 Å². The molecule has 0 spiro atoms. The maximum atomic E-state index is 13.8. The Morgan fingerprint density at radius 1 is 1.15 bits per heavy atom. The molecule has 0 unspecified atom stereocenters. The van der Waals surface area contributed by atoms with Crippen molar-refractivity contribution < 1.29 is 50.9 Å². The van der Waals surface area contributed by atoms with Gasteiger partial charge in [-0.25, -0.2) is 13.2 Å². The van der Waals surface area contributed by atoms with Crippen molar-refractivity contribution in [1.29, 1.82) is 0 Å². The molecule has 48 heavy (non-hydrogen) atoms. The summed E-state index contributed by atoms with van der Waals surface area (Å²) < 4.78 is 74.9. The molecule has 5 atom stereocenters. The SMILES string of the molecule is CCOP(=O)(CN1CC=C(C[C@H](NC(=O)O[C@H]2CO[C@H]3OCC[C@H]32)[C@H](O)CN(CC(C)C)S(=O)(=O)c2ccc(OC)cc2)CC1)OCC. The second kappa shape index (κ2) is 17.7. The maximum absolute atomic E-state index is 13.8. The van der Waals surface area contributed by atoms with Gasteiger partial charge in [0.1, 0.15) is 18.1 Å². The summed E-state index contributed by atoms with van der Waals surface area (Å²) in [7, 11) is -5.77. The molecule has 16 heteroatoms. The van der Waals surface area contributed by atoms with Crippen LogP contribution < -0.4 is 10.1 Å². The van der Waals surface area contributed by atoms with Crippen molar-refractivity contribution in [2.24, 2.45) is 11.8 Å². The number of benzene rings is 1. The largest absolute Gasteiger partial charge is 0.497 e. The van der Waals surface area contributed by atoms with E-state index in [1.807, 2.05) is 24.8 Å². The van der Waals surface area contributed by atoms with Gasteiger partial charge in [0.2, 0.25) is 10.0 Å². The highest BCUT2D eigenvalue weighted by Crippen LogP contribution is 2.48. The number of aliphatic hydroxyl groups is 1. The van der Waals surface area contributed by atoms with Crippen LogP contribution in [0, 0.1) is 11.8 Å². The quantitative estimate of drug-likeness (QED) is 0.167. The molecule has 0 radical (unpaired) electrons. The van der Waals surface area contributed by atoms with E-state index in [0.717, 1.165) is 5.57 Å². The summed E-state index contributed by atoms with van der Waals surface area (Å²) in [4.78, 5) is 15.3. The molecule has 3 heterocycles. The predicted molar refractivity (Wildman–Crippen MR) is 178 cm³/mol. The fraction of sp³-hybridized carbons (Fsp3) is 0.719. The first-order valence-electron chi connectivity index (χ1n) is 16.7. The Kier molecular flexibility index (Phi) is 14.3. The number of methoxy groups -OCH3 is 1. The monoisotopic (exact) mass is 717 g/mol. The summed E-state index contributed by atoms with van der Waals surface area (Å²) >= 11 is 0. The van der Waals surface area contributed by atoms with Crippen LogP contribution in [0.15, 0.2) is 40.8 Å². The normalized spacial score (nSPS) is 23.2. The highest BCUT2D eigenvalue weighted by atomic mass is 32.2. The second-order valence-electron chi connectivity index (χ2n) is 12.7. The number of hydrogen-bond donors (Lipinski definition) is 2. The summed E-state index contributed by atoms with van der Waals surface area (Å²) in [5.41, 5.74) is 0.958. The van der Waals surface area contributed by atoms with Crippen molar-refractivity contribution in [3.05, 3.63) is 35.9 Å². The molecule has 0 bridgehead atoms. The van der Waals surface area contributed by atoms with Crippen molar-refractivity contribution in [3.8, 4) is 5.75 Å². The zero-order chi connectivity index (χ0) is 34.9. The van der Waals surface area contributed by atoms with Gasteiger partial charge in [-0.3, -0.25) is 9.46 Å². The molecular weight excluding hydrogens is 665 g/mol. The lowest BCUT2D eigenvalue weighted by Crippen LogP contribution is -2.51. The molecule has 3 aliphatic rings. The third-order valence-electron chi connectivity index (χ3n) is 8.56. The lowest BCUT2D eigenvalue weighted by atomic mass is 9.96. The number of carbonyl (C=O) groups is 1. The fourth-order valence-electron chi connectivity index (χ4n) is 6.17. The Morgan fingerprint density at radius 3 is 2.46 bits per heavy atom. The van der Waals surface area contributed by atoms with Crippen LogP contribution in [0.5, 0.6) is 5.75 Å². The number of carbonyl (C=O) groups excluding carboxylic acids is 1. The van der Waals surface area contributed by atoms with Crippen LogP contribution in [0.2, 0.25) is 0 Å². The predicted octanol–water partition coefficient (Wildman–Crippen LogP) is 3.80. The Hall–Kier alpha value is -2.07. The van der Waals surface area contributed by atoms with Gasteiger partial charge in [-0.1, -0.05) is 25.5 Å². The molecule has 0 aromatic heterocycles. The number of hydrogen-bond acceptors (Lipinski definition) is 12. The minimum absolute atomic E-state index is 0.0399. The Balaban J connectivity index is 1.50. The standard InChI is InChI=1S/C32H52N3O11PS/c1-6-44-47(38,45-7-2)22-34-15-12-24(13-16-34)18-28(33-32(37)46-30-21-43-31-27(30)14-17-42-31)29(36)20-35(19-23(3)4)48(39,40)26-10-8-25(41-5)9-11-26/h8-12,23,27-31,36H,6-7,13-22H2,1-5H3,(H,33,37)/t27-,28-,29+,30-,31+/m0/s1. The lowest BCUT2D eigenvalue weighted by molar-refractivity contribution is -0.0907. The third-order valence-corrected chi connectivity index (χ3v) is 12.5. The summed E-state index contributed by atoms with van der Waals surface area (Å²) in [6.45, 7) is 9.57. The van der Waals surface area contributed by atoms with Gasteiger partial charge in [-0.05, 0) is 63.3 Å². The van der Waals surface area contributed by atoms with Crippen LogP contribution in [-0.4, -0.2) is 119 Å². The van der Waals surface area contributed by atoms with Crippen LogP contribution in [0.3, 0.4) is 0 Å². The van der Waals surface area contributed by atoms with E-state index in [1.165, 1.54) is 23.5 Å². The number of nitrogens with one attached hydrogen (secondary N) is 1. The number of sulfonamides is 1. The molecule has 1 amide bonds. The number of nitrogens with zero attached hydrogens (tertiary/aromatic N) is 2. The minimum atomic E-state index is -4.00. The molecule has 0 aliphatic carbocycles. The zero-order valence-corrected chi connectivity index (χ0v) is 30.3. The number of aliphatic hydroxyl groups excluding tert-OH is 1. The van der Waals surface area contributed by atoms with Crippen LogP contribution in [0.1, 0.15) is 47.0 Å². The first-order valence-corrected chi connectivity index (χ1v) is 19.8. The van der Waals surface area contributed by atoms with Crippen LogP contribution >= 0.6 is 7.60 Å². The van der Waals surface area contributed by atoms with E-state index in [9.17, 15) is 22.9 Å². The molecule has 1 aromatic rings. The average Bonchev–Trinajstić information content (AvgIpc) is 3.66. The number of fused-ring (bicyclic) bond motifs is 1. The molecule has 2 saturated heterocycles. The Labute approximate surface area is 284 Å². The number of amides is 1. The zero-order valence-electron chi connectivity index (χ0n) is 28.6. The van der Waals surface area contributed by atoms with Gasteiger partial charge in [0, 0.05) is 26.2 Å². The number of alkyl carbamates (subject to hydrolysis) is 1. The summed E-state index contributed by atoms with van der Waals surface area (Å²) in [5, 5.41) is 14.5. The van der Waals surface area contributed by atoms with Gasteiger partial charge >= 0.3 is 13.7 Å². The molecule has 0 saturated carbocycles. The molecule has 4 rings (SSSR count). The van der Waals surface area contributed by atoms with E-state index in [2.05, 4.69) is 5.32 Å². The van der Waals surface area contributed by atoms with E-state index in [-0.39, 0.29) is 62.3 Å². The van der Waals surface area contributed by atoms with Gasteiger partial charge < -0.3 is 38.4 Å². The van der Waals surface area contributed by atoms with Crippen molar-refractivity contribution in [1.82, 2.24) is 14.5 Å². The third kappa shape index (κ3) is 10.5. The van der Waals surface area contributed by atoms with E-state index in [4.69, 9.17) is 28.0 Å². The van der Waals surface area contributed by atoms with E-state index >= 15 is 0 Å². The summed E-state index contributed by atoms with van der Waals surface area (Å²) in [5.74, 6) is 0.418. The van der Waals surface area contributed by atoms with E-state index in [0.29, 0.717) is 38.3 Å². The first kappa shape index (κ1) is 38.7. The van der Waals surface area contributed by atoms with Crippen LogP contribution in [0.25, 0.3) is 0 Å². The number of rotatable bonds is 18. The summed E-state index contributed by atoms with van der Waals surface area (Å²) in [6, 6.07) is 5.22. The van der Waals surface area contributed by atoms with Crippen molar-refractivity contribution >= 4 is 23.7 Å². The average molecular weight is 718 g/mol. The van der Waals surface area contributed by atoms with Crippen molar-refractivity contribution in [2.75, 3.05) is 66.0 Å². The maximum Gasteiger partial charge on any atom is 0.407 e. The minimum Gasteiger partial charge on any atom is -0.497 e. The fourth-order valence-corrected chi connectivity index (χ4v) is 9.56. The van der Waals surface area contributed by atoms with Crippen LogP contribution in [-0.2, 0) is 37.8 Å². The van der Waals surface area contributed by atoms with E-state index in [1.54, 1.807) is 26.0 Å². The van der Waals surface area contributed by atoms with Crippen molar-refractivity contribution in [3.63, 3.8) is 0 Å². The Morgan fingerprint density at radius 2 is 1.85 bits per heavy atom. The summed E-state index contributed by atoms with van der Waals surface area (Å²) in [6.07, 6.45) is 0.794. The number of ether oxygens (including phenoxy) is 4. The molecular formula is C32H52N3O11PS.